The van der Waals surface area contributed by atoms with Crippen molar-refractivity contribution in [2.24, 2.45) is 5.10 Å². The molecule has 1 aliphatic rings. The van der Waals surface area contributed by atoms with Crippen LogP contribution in [0.5, 0.6) is 0 Å². The van der Waals surface area contributed by atoms with Gasteiger partial charge in [-0.3, -0.25) is 9.78 Å². The van der Waals surface area contributed by atoms with Crippen LogP contribution in [0.3, 0.4) is 0 Å². The highest BCUT2D eigenvalue weighted by atomic mass is 16.1. The third-order valence-corrected chi connectivity index (χ3v) is 3.15. The minimum Gasteiger partial charge on any atom is -0.303 e. The molecule has 0 spiro atoms. The summed E-state index contributed by atoms with van der Waals surface area (Å²) in [6.07, 6.45) is 3.10. The van der Waals surface area contributed by atoms with E-state index in [9.17, 15) is 4.79 Å². The molecular weight excluding hydrogens is 244 g/mol. The normalized spacial score (nSPS) is 16.4. The standard InChI is InChI=1S/C12H20N6O/c1-3-6-18-7-4-10(5-8-18)15-17-12-13-11(19)9(2)14-16-12/h3-8H2,1-2H3,(H2,13,16,17,19). The Hall–Kier alpha value is -1.76. The van der Waals surface area contributed by atoms with Crippen molar-refractivity contribution in [1.82, 2.24) is 20.1 Å². The molecule has 0 amide bonds. The summed E-state index contributed by atoms with van der Waals surface area (Å²) >= 11 is 0. The van der Waals surface area contributed by atoms with Gasteiger partial charge < -0.3 is 4.90 Å². The lowest BCUT2D eigenvalue weighted by atomic mass is 10.1. The van der Waals surface area contributed by atoms with Crippen LogP contribution in [-0.4, -0.2) is 45.4 Å². The van der Waals surface area contributed by atoms with Crippen LogP contribution in [0.1, 0.15) is 31.9 Å². The van der Waals surface area contributed by atoms with Crippen LogP contribution in [0, 0.1) is 6.92 Å². The Kier molecular flexibility index (Phi) is 4.62. The molecule has 1 saturated heterocycles. The minimum absolute atomic E-state index is 0.240. The molecule has 1 aromatic rings. The van der Waals surface area contributed by atoms with Crippen molar-refractivity contribution >= 4 is 11.7 Å². The molecule has 0 aromatic carbocycles. The maximum Gasteiger partial charge on any atom is 0.274 e. The fraction of sp³-hybridized carbons (Fsp3) is 0.667. The predicted molar refractivity (Wildman–Crippen MR) is 74.4 cm³/mol. The van der Waals surface area contributed by atoms with Crippen molar-refractivity contribution in [2.45, 2.75) is 33.1 Å². The second-order valence-corrected chi connectivity index (χ2v) is 4.72. The molecule has 0 atom stereocenters. The number of hydrogen-bond donors (Lipinski definition) is 2. The highest BCUT2D eigenvalue weighted by Gasteiger charge is 2.13. The fourth-order valence-electron chi connectivity index (χ4n) is 2.04. The number of aryl methyl sites for hydroxylation is 1. The molecule has 2 N–H and O–H groups in total. The summed E-state index contributed by atoms with van der Waals surface area (Å²) in [6, 6.07) is 0. The monoisotopic (exact) mass is 264 g/mol. The number of rotatable bonds is 4. The third-order valence-electron chi connectivity index (χ3n) is 3.15. The van der Waals surface area contributed by atoms with Gasteiger partial charge in [0, 0.05) is 31.6 Å². The molecule has 2 rings (SSSR count). The number of piperidine rings is 1. The largest absolute Gasteiger partial charge is 0.303 e. The Morgan fingerprint density at radius 2 is 2.11 bits per heavy atom. The fourth-order valence-corrected chi connectivity index (χ4v) is 2.04. The molecule has 1 aromatic heterocycles. The summed E-state index contributed by atoms with van der Waals surface area (Å²) in [5, 5.41) is 11.9. The van der Waals surface area contributed by atoms with E-state index in [0.29, 0.717) is 11.6 Å². The number of H-pyrrole nitrogens is 1. The topological polar surface area (TPSA) is 86.3 Å². The van der Waals surface area contributed by atoms with Crippen LogP contribution in [0.4, 0.5) is 5.95 Å². The Morgan fingerprint density at radius 1 is 1.37 bits per heavy atom. The van der Waals surface area contributed by atoms with Gasteiger partial charge in [0.25, 0.3) is 5.56 Å². The summed E-state index contributed by atoms with van der Waals surface area (Å²) in [5.41, 5.74) is 3.99. The smallest absolute Gasteiger partial charge is 0.274 e. The lowest BCUT2D eigenvalue weighted by molar-refractivity contribution is 0.275. The van der Waals surface area contributed by atoms with E-state index in [1.807, 2.05) is 0 Å². The number of hydrazone groups is 1. The Balaban J connectivity index is 1.89. The second kappa shape index (κ2) is 6.42. The van der Waals surface area contributed by atoms with Crippen molar-refractivity contribution in [2.75, 3.05) is 25.1 Å². The van der Waals surface area contributed by atoms with E-state index in [0.717, 1.165) is 38.2 Å². The third kappa shape index (κ3) is 3.85. The van der Waals surface area contributed by atoms with E-state index >= 15 is 0 Å². The molecule has 1 aliphatic heterocycles. The van der Waals surface area contributed by atoms with Gasteiger partial charge in [0.1, 0.15) is 5.69 Å². The van der Waals surface area contributed by atoms with E-state index in [1.54, 1.807) is 6.92 Å². The van der Waals surface area contributed by atoms with Gasteiger partial charge in [0.05, 0.1) is 0 Å². The molecule has 0 saturated carbocycles. The molecule has 7 nitrogen and oxygen atoms in total. The van der Waals surface area contributed by atoms with E-state index in [4.69, 9.17) is 0 Å². The zero-order chi connectivity index (χ0) is 13.7. The van der Waals surface area contributed by atoms with Crippen LogP contribution in [-0.2, 0) is 0 Å². The van der Waals surface area contributed by atoms with Gasteiger partial charge >= 0.3 is 0 Å². The summed E-state index contributed by atoms with van der Waals surface area (Å²) in [6.45, 7) is 7.05. The molecule has 1 fully saturated rings. The van der Waals surface area contributed by atoms with Crippen molar-refractivity contribution in [3.05, 3.63) is 16.0 Å². The molecule has 19 heavy (non-hydrogen) atoms. The first kappa shape index (κ1) is 13.7. The molecule has 0 aliphatic carbocycles. The summed E-state index contributed by atoms with van der Waals surface area (Å²) in [5.74, 6) is 0.291. The van der Waals surface area contributed by atoms with E-state index in [2.05, 4.69) is 37.5 Å². The molecule has 7 heteroatoms. The average molecular weight is 264 g/mol. The predicted octanol–water partition coefficient (Wildman–Crippen LogP) is 0.747. The van der Waals surface area contributed by atoms with E-state index in [-0.39, 0.29) is 5.56 Å². The average Bonchev–Trinajstić information content (AvgIpc) is 2.42. The van der Waals surface area contributed by atoms with Gasteiger partial charge in [-0.05, 0) is 19.9 Å². The summed E-state index contributed by atoms with van der Waals surface area (Å²) < 4.78 is 0. The van der Waals surface area contributed by atoms with Crippen molar-refractivity contribution in [3.8, 4) is 0 Å². The van der Waals surface area contributed by atoms with Crippen molar-refractivity contribution in [3.63, 3.8) is 0 Å². The van der Waals surface area contributed by atoms with Crippen LogP contribution in [0.15, 0.2) is 9.90 Å². The van der Waals surface area contributed by atoms with E-state index < -0.39 is 0 Å². The van der Waals surface area contributed by atoms with Gasteiger partial charge in [0.2, 0.25) is 5.95 Å². The SMILES string of the molecule is CCCN1CCC(=NNc2nnc(C)c(=O)[nH]2)CC1. The lowest BCUT2D eigenvalue weighted by Crippen LogP contribution is -2.34. The van der Waals surface area contributed by atoms with Gasteiger partial charge in [-0.1, -0.05) is 6.92 Å². The number of aromatic amines is 1. The maximum absolute atomic E-state index is 11.4. The van der Waals surface area contributed by atoms with Gasteiger partial charge in [-0.25, -0.2) is 5.43 Å². The molecular formula is C12H20N6O. The van der Waals surface area contributed by atoms with Crippen LogP contribution in [0.2, 0.25) is 0 Å². The minimum atomic E-state index is -0.240. The Bertz CT molecular complexity index is 499. The molecule has 2 heterocycles. The Morgan fingerprint density at radius 3 is 2.74 bits per heavy atom. The van der Waals surface area contributed by atoms with Gasteiger partial charge in [-0.2, -0.15) is 5.10 Å². The Labute approximate surface area is 112 Å². The van der Waals surface area contributed by atoms with Crippen LogP contribution in [0.25, 0.3) is 0 Å². The zero-order valence-corrected chi connectivity index (χ0v) is 11.4. The van der Waals surface area contributed by atoms with Crippen LogP contribution < -0.4 is 11.0 Å². The molecule has 0 bridgehead atoms. The first-order chi connectivity index (χ1) is 9.19. The summed E-state index contributed by atoms with van der Waals surface area (Å²) in [4.78, 5) is 16.4. The number of likely N-dealkylation sites (tertiary alicyclic amines) is 1. The molecule has 0 unspecified atom stereocenters. The maximum atomic E-state index is 11.4. The lowest BCUT2D eigenvalue weighted by Gasteiger charge is -2.26. The van der Waals surface area contributed by atoms with Gasteiger partial charge in [0.15, 0.2) is 0 Å². The zero-order valence-electron chi connectivity index (χ0n) is 11.4. The number of anilines is 1. The second-order valence-electron chi connectivity index (χ2n) is 4.72. The van der Waals surface area contributed by atoms with Crippen molar-refractivity contribution in [1.29, 1.82) is 0 Å². The summed E-state index contributed by atoms with van der Waals surface area (Å²) in [7, 11) is 0. The van der Waals surface area contributed by atoms with Gasteiger partial charge in [-0.15, -0.1) is 10.2 Å². The first-order valence-electron chi connectivity index (χ1n) is 6.66. The number of hydrogen-bond acceptors (Lipinski definition) is 6. The molecule has 0 radical (unpaired) electrons. The van der Waals surface area contributed by atoms with E-state index in [1.165, 1.54) is 6.42 Å². The van der Waals surface area contributed by atoms with Crippen LogP contribution >= 0.6 is 0 Å². The number of nitrogens with one attached hydrogen (secondary N) is 2. The quantitative estimate of drug-likeness (QED) is 0.784. The number of nitrogens with zero attached hydrogens (tertiary/aromatic N) is 4. The molecule has 104 valence electrons. The first-order valence-corrected chi connectivity index (χ1v) is 6.66. The van der Waals surface area contributed by atoms with Crippen molar-refractivity contribution < 1.29 is 0 Å². The highest BCUT2D eigenvalue weighted by molar-refractivity contribution is 5.85. The number of aromatic nitrogens is 3. The highest BCUT2D eigenvalue weighted by Crippen LogP contribution is 2.08.